The molecule has 1 N–H and O–H groups in total. The second kappa shape index (κ2) is 3.88. The van der Waals surface area contributed by atoms with Gasteiger partial charge in [-0.1, -0.05) is 6.92 Å². The standard InChI is InChI=1S/C9H17F2NO/c1-9(6-13)5-12(2)4-3-7(9)8(10)11/h7-8,13H,3-6H2,1-2H3/t7-,9?/m1/s1. The molecule has 0 aromatic rings. The summed E-state index contributed by atoms with van der Waals surface area (Å²) < 4.78 is 25.2. The monoisotopic (exact) mass is 193 g/mol. The number of alkyl halides is 2. The molecule has 1 aliphatic heterocycles. The number of hydrogen-bond donors (Lipinski definition) is 1. The lowest BCUT2D eigenvalue weighted by Crippen LogP contribution is -2.50. The Morgan fingerprint density at radius 2 is 2.23 bits per heavy atom. The number of nitrogens with zero attached hydrogens (tertiary/aromatic N) is 1. The molecule has 0 aromatic heterocycles. The van der Waals surface area contributed by atoms with E-state index in [1.54, 1.807) is 6.92 Å². The highest BCUT2D eigenvalue weighted by atomic mass is 19.3. The fourth-order valence-corrected chi connectivity index (χ4v) is 2.12. The zero-order valence-electron chi connectivity index (χ0n) is 8.13. The molecule has 1 rings (SSSR count). The van der Waals surface area contributed by atoms with Crippen molar-refractivity contribution < 1.29 is 13.9 Å². The number of aliphatic hydroxyl groups excluding tert-OH is 1. The van der Waals surface area contributed by atoms with Gasteiger partial charge in [0, 0.05) is 17.9 Å². The highest BCUT2D eigenvalue weighted by molar-refractivity contribution is 4.90. The first-order chi connectivity index (χ1) is 5.99. The number of hydrogen-bond acceptors (Lipinski definition) is 2. The zero-order chi connectivity index (χ0) is 10.1. The predicted octanol–water partition coefficient (Wildman–Crippen LogP) is 1.20. The minimum atomic E-state index is -2.31. The third-order valence-electron chi connectivity index (χ3n) is 3.01. The van der Waals surface area contributed by atoms with Gasteiger partial charge in [-0.25, -0.2) is 8.78 Å². The SMILES string of the molecule is CN1CC[C@H](C(F)F)C(C)(CO)C1. The van der Waals surface area contributed by atoms with Gasteiger partial charge in [-0.15, -0.1) is 0 Å². The smallest absolute Gasteiger partial charge is 0.242 e. The molecular weight excluding hydrogens is 176 g/mol. The maximum absolute atomic E-state index is 12.6. The summed E-state index contributed by atoms with van der Waals surface area (Å²) in [6, 6.07) is 0. The summed E-state index contributed by atoms with van der Waals surface area (Å²) in [7, 11) is 1.90. The van der Waals surface area contributed by atoms with Crippen LogP contribution < -0.4 is 0 Å². The summed E-state index contributed by atoms with van der Waals surface area (Å²) in [5.74, 6) is -0.659. The van der Waals surface area contributed by atoms with Gasteiger partial charge in [0.25, 0.3) is 0 Å². The highest BCUT2D eigenvalue weighted by Crippen LogP contribution is 2.38. The fraction of sp³-hybridized carbons (Fsp3) is 1.00. The molecule has 1 unspecified atom stereocenters. The van der Waals surface area contributed by atoms with E-state index in [4.69, 9.17) is 5.11 Å². The third-order valence-corrected chi connectivity index (χ3v) is 3.01. The zero-order valence-corrected chi connectivity index (χ0v) is 8.13. The Morgan fingerprint density at radius 1 is 1.62 bits per heavy atom. The lowest BCUT2D eigenvalue weighted by atomic mass is 9.73. The summed E-state index contributed by atoms with van der Waals surface area (Å²) in [4.78, 5) is 2.00. The molecule has 0 amide bonds. The lowest BCUT2D eigenvalue weighted by molar-refractivity contribution is -0.0715. The molecule has 13 heavy (non-hydrogen) atoms. The van der Waals surface area contributed by atoms with E-state index >= 15 is 0 Å². The molecule has 0 spiro atoms. The topological polar surface area (TPSA) is 23.5 Å². The summed E-state index contributed by atoms with van der Waals surface area (Å²) in [5, 5.41) is 9.13. The number of aliphatic hydroxyl groups is 1. The number of rotatable bonds is 2. The molecule has 78 valence electrons. The van der Waals surface area contributed by atoms with Crippen LogP contribution in [0, 0.1) is 11.3 Å². The first-order valence-electron chi connectivity index (χ1n) is 4.57. The van der Waals surface area contributed by atoms with Gasteiger partial charge >= 0.3 is 0 Å². The Morgan fingerprint density at radius 3 is 2.69 bits per heavy atom. The Labute approximate surface area is 77.5 Å². The minimum absolute atomic E-state index is 0.160. The molecule has 1 heterocycles. The summed E-state index contributed by atoms with van der Waals surface area (Å²) in [6.07, 6.45) is -1.84. The van der Waals surface area contributed by atoms with Crippen molar-refractivity contribution in [3.8, 4) is 0 Å². The first-order valence-corrected chi connectivity index (χ1v) is 4.57. The summed E-state index contributed by atoms with van der Waals surface area (Å²) >= 11 is 0. The maximum atomic E-state index is 12.6. The Balaban J connectivity index is 2.72. The van der Waals surface area contributed by atoms with Gasteiger partial charge in [-0.05, 0) is 20.0 Å². The van der Waals surface area contributed by atoms with Crippen molar-refractivity contribution in [3.05, 3.63) is 0 Å². The van der Waals surface area contributed by atoms with E-state index in [1.165, 1.54) is 0 Å². The van der Waals surface area contributed by atoms with Crippen LogP contribution in [0.5, 0.6) is 0 Å². The van der Waals surface area contributed by atoms with E-state index in [0.29, 0.717) is 19.5 Å². The second-order valence-corrected chi connectivity index (χ2v) is 4.28. The van der Waals surface area contributed by atoms with Crippen molar-refractivity contribution in [2.45, 2.75) is 19.8 Å². The van der Waals surface area contributed by atoms with Crippen molar-refractivity contribution >= 4 is 0 Å². The van der Waals surface area contributed by atoms with Crippen LogP contribution >= 0.6 is 0 Å². The van der Waals surface area contributed by atoms with Crippen LogP contribution in [-0.2, 0) is 0 Å². The van der Waals surface area contributed by atoms with Gasteiger partial charge in [-0.2, -0.15) is 0 Å². The Bertz CT molecular complexity index is 177. The average molecular weight is 193 g/mol. The van der Waals surface area contributed by atoms with Crippen LogP contribution in [0.1, 0.15) is 13.3 Å². The van der Waals surface area contributed by atoms with Crippen LogP contribution in [0.3, 0.4) is 0 Å². The largest absolute Gasteiger partial charge is 0.396 e. The quantitative estimate of drug-likeness (QED) is 0.712. The van der Waals surface area contributed by atoms with Crippen molar-refractivity contribution in [1.29, 1.82) is 0 Å². The fourth-order valence-electron chi connectivity index (χ4n) is 2.12. The Kier molecular flexibility index (Phi) is 3.24. The van der Waals surface area contributed by atoms with Gasteiger partial charge in [0.2, 0.25) is 6.43 Å². The Hall–Kier alpha value is -0.220. The highest BCUT2D eigenvalue weighted by Gasteiger charge is 2.42. The summed E-state index contributed by atoms with van der Waals surface area (Å²) in [5.41, 5.74) is -0.638. The average Bonchev–Trinajstić information content (AvgIpc) is 2.03. The molecule has 2 nitrogen and oxygen atoms in total. The normalized spacial score (nSPS) is 36.9. The van der Waals surface area contributed by atoms with Crippen LogP contribution in [0.15, 0.2) is 0 Å². The van der Waals surface area contributed by atoms with Gasteiger partial charge < -0.3 is 10.0 Å². The van der Waals surface area contributed by atoms with Gasteiger partial charge in [0.05, 0.1) is 6.61 Å². The van der Waals surface area contributed by atoms with Crippen LogP contribution in [0.4, 0.5) is 8.78 Å². The lowest BCUT2D eigenvalue weighted by Gasteiger charge is -2.43. The molecule has 0 saturated carbocycles. The van der Waals surface area contributed by atoms with Crippen molar-refractivity contribution in [2.24, 2.45) is 11.3 Å². The summed E-state index contributed by atoms with van der Waals surface area (Å²) in [6.45, 7) is 2.83. The van der Waals surface area contributed by atoms with Crippen LogP contribution in [0.25, 0.3) is 0 Å². The van der Waals surface area contributed by atoms with Crippen molar-refractivity contribution in [1.82, 2.24) is 4.90 Å². The van der Waals surface area contributed by atoms with Gasteiger partial charge in [-0.3, -0.25) is 0 Å². The van der Waals surface area contributed by atoms with E-state index in [2.05, 4.69) is 0 Å². The molecular formula is C9H17F2NO. The van der Waals surface area contributed by atoms with E-state index in [9.17, 15) is 8.78 Å². The van der Waals surface area contributed by atoms with E-state index in [0.717, 1.165) is 0 Å². The number of halogens is 2. The number of likely N-dealkylation sites (tertiary alicyclic amines) is 1. The molecule has 2 atom stereocenters. The molecule has 0 aliphatic carbocycles. The second-order valence-electron chi connectivity index (χ2n) is 4.28. The molecule has 4 heteroatoms. The molecule has 1 aliphatic rings. The van der Waals surface area contributed by atoms with Crippen LogP contribution in [0.2, 0.25) is 0 Å². The maximum Gasteiger partial charge on any atom is 0.242 e. The molecule has 0 aromatic carbocycles. The van der Waals surface area contributed by atoms with E-state index in [-0.39, 0.29) is 6.61 Å². The molecule has 0 radical (unpaired) electrons. The molecule has 1 fully saturated rings. The van der Waals surface area contributed by atoms with E-state index < -0.39 is 17.8 Å². The third kappa shape index (κ3) is 2.17. The number of piperidine rings is 1. The first kappa shape index (κ1) is 10.9. The van der Waals surface area contributed by atoms with Crippen molar-refractivity contribution in [3.63, 3.8) is 0 Å². The van der Waals surface area contributed by atoms with Crippen LogP contribution in [-0.4, -0.2) is 43.2 Å². The van der Waals surface area contributed by atoms with E-state index in [1.807, 2.05) is 11.9 Å². The van der Waals surface area contributed by atoms with Gasteiger partial charge in [0.15, 0.2) is 0 Å². The molecule has 0 bridgehead atoms. The minimum Gasteiger partial charge on any atom is -0.396 e. The van der Waals surface area contributed by atoms with Gasteiger partial charge in [0.1, 0.15) is 0 Å². The van der Waals surface area contributed by atoms with Crippen molar-refractivity contribution in [2.75, 3.05) is 26.7 Å². The molecule has 1 saturated heterocycles. The predicted molar refractivity (Wildman–Crippen MR) is 46.8 cm³/mol.